The number of hydrogen-bond donors (Lipinski definition) is 1. The van der Waals surface area contributed by atoms with E-state index < -0.39 is 16.4 Å². The monoisotopic (exact) mass is 254 g/mol. The number of nitro groups is 1. The molecule has 1 heterocycles. The van der Waals surface area contributed by atoms with Crippen LogP contribution in [0, 0.1) is 21.8 Å². The predicted molar refractivity (Wildman–Crippen MR) is 65.1 cm³/mol. The highest BCUT2D eigenvalue weighted by molar-refractivity contribution is 5.50. The summed E-state index contributed by atoms with van der Waals surface area (Å²) in [5, 5.41) is 13.6. The van der Waals surface area contributed by atoms with Crippen molar-refractivity contribution in [1.29, 1.82) is 0 Å². The van der Waals surface area contributed by atoms with Crippen LogP contribution in [0.2, 0.25) is 0 Å². The summed E-state index contributed by atoms with van der Waals surface area (Å²) in [7, 11) is 0. The second kappa shape index (κ2) is 5.30. The Balaban J connectivity index is 2.05. The van der Waals surface area contributed by atoms with Gasteiger partial charge in [-0.25, -0.2) is 0 Å². The van der Waals surface area contributed by atoms with Gasteiger partial charge < -0.3 is 10.1 Å². The zero-order valence-electron chi connectivity index (χ0n) is 10.1. The molecular formula is C12H15FN2O3. The molecule has 5 nitrogen and oxygen atoms in total. The lowest BCUT2D eigenvalue weighted by Gasteiger charge is -2.20. The second-order valence-electron chi connectivity index (χ2n) is 4.48. The van der Waals surface area contributed by atoms with Gasteiger partial charge >= 0.3 is 5.69 Å². The van der Waals surface area contributed by atoms with Crippen molar-refractivity contribution >= 4 is 11.4 Å². The molecule has 1 fully saturated rings. The summed E-state index contributed by atoms with van der Waals surface area (Å²) in [5.74, 6) is -0.428. The van der Waals surface area contributed by atoms with E-state index in [2.05, 4.69) is 5.32 Å². The number of rotatable bonds is 4. The fraction of sp³-hybridized carbons (Fsp3) is 0.500. The van der Waals surface area contributed by atoms with Gasteiger partial charge in [0, 0.05) is 36.4 Å². The molecule has 2 unspecified atom stereocenters. The third-order valence-corrected chi connectivity index (χ3v) is 3.21. The smallest absolute Gasteiger partial charge is 0.304 e. The maximum atomic E-state index is 13.4. The largest absolute Gasteiger partial charge is 0.382 e. The van der Waals surface area contributed by atoms with Gasteiger partial charge in [0.15, 0.2) is 0 Å². The molecule has 0 amide bonds. The van der Waals surface area contributed by atoms with Crippen LogP contribution >= 0.6 is 0 Å². The van der Waals surface area contributed by atoms with Gasteiger partial charge in [-0.2, -0.15) is 4.39 Å². The number of hydrogen-bond acceptors (Lipinski definition) is 4. The van der Waals surface area contributed by atoms with Gasteiger partial charge in [-0.1, -0.05) is 0 Å². The van der Waals surface area contributed by atoms with Gasteiger partial charge in [0.2, 0.25) is 5.82 Å². The highest BCUT2D eigenvalue weighted by atomic mass is 19.1. The van der Waals surface area contributed by atoms with Crippen LogP contribution in [0.5, 0.6) is 0 Å². The summed E-state index contributed by atoms with van der Waals surface area (Å²) < 4.78 is 18.7. The van der Waals surface area contributed by atoms with E-state index in [0.29, 0.717) is 18.2 Å². The molecule has 1 aromatic rings. The molecule has 0 radical (unpaired) electrons. The molecule has 6 heteroatoms. The summed E-state index contributed by atoms with van der Waals surface area (Å²) in [6.07, 6.45) is 0.976. The zero-order valence-corrected chi connectivity index (χ0v) is 10.1. The molecule has 0 spiro atoms. The molecule has 0 aromatic heterocycles. The Morgan fingerprint density at radius 1 is 1.61 bits per heavy atom. The van der Waals surface area contributed by atoms with Crippen molar-refractivity contribution < 1.29 is 14.1 Å². The highest BCUT2D eigenvalue weighted by Gasteiger charge is 2.22. The number of nitrogens with zero attached hydrogens (tertiary/aromatic N) is 1. The fourth-order valence-electron chi connectivity index (χ4n) is 2.07. The quantitative estimate of drug-likeness (QED) is 0.662. The van der Waals surface area contributed by atoms with Gasteiger partial charge in [0.1, 0.15) is 0 Å². The molecule has 0 bridgehead atoms. The van der Waals surface area contributed by atoms with Crippen molar-refractivity contribution in [2.24, 2.45) is 5.92 Å². The minimum Gasteiger partial charge on any atom is -0.382 e. The van der Waals surface area contributed by atoms with Gasteiger partial charge in [-0.15, -0.1) is 0 Å². The summed E-state index contributed by atoms with van der Waals surface area (Å²) in [4.78, 5) is 9.76. The van der Waals surface area contributed by atoms with E-state index in [0.717, 1.165) is 19.1 Å². The van der Waals surface area contributed by atoms with E-state index in [9.17, 15) is 14.5 Å². The maximum Gasteiger partial charge on any atom is 0.304 e. The molecule has 1 aliphatic heterocycles. The second-order valence-corrected chi connectivity index (χ2v) is 4.48. The van der Waals surface area contributed by atoms with E-state index >= 15 is 0 Å². The van der Waals surface area contributed by atoms with Crippen molar-refractivity contribution in [3.63, 3.8) is 0 Å². The Morgan fingerprint density at radius 3 is 2.94 bits per heavy atom. The van der Waals surface area contributed by atoms with Crippen LogP contribution in [0.4, 0.5) is 15.8 Å². The summed E-state index contributed by atoms with van der Waals surface area (Å²) in [6.45, 7) is 3.45. The van der Waals surface area contributed by atoms with E-state index in [4.69, 9.17) is 4.74 Å². The zero-order chi connectivity index (χ0) is 13.1. The molecule has 1 N–H and O–H groups in total. The first-order valence-corrected chi connectivity index (χ1v) is 5.86. The van der Waals surface area contributed by atoms with Crippen LogP contribution in [-0.2, 0) is 4.74 Å². The minimum atomic E-state index is -0.820. The maximum absolute atomic E-state index is 13.4. The molecule has 1 aromatic carbocycles. The Morgan fingerprint density at radius 2 is 2.39 bits per heavy atom. The van der Waals surface area contributed by atoms with Gasteiger partial charge in [-0.05, 0) is 19.4 Å². The number of nitro benzene ring substituents is 1. The van der Waals surface area contributed by atoms with Crippen molar-refractivity contribution in [3.05, 3.63) is 34.1 Å². The number of benzene rings is 1. The van der Waals surface area contributed by atoms with Crippen LogP contribution in [0.15, 0.2) is 18.2 Å². The van der Waals surface area contributed by atoms with E-state index in [1.54, 1.807) is 0 Å². The molecule has 0 aliphatic carbocycles. The van der Waals surface area contributed by atoms with Gasteiger partial charge in [0.05, 0.1) is 11.5 Å². The molecule has 18 heavy (non-hydrogen) atoms. The topological polar surface area (TPSA) is 64.4 Å². The lowest BCUT2D eigenvalue weighted by atomic mass is 10.0. The molecule has 2 rings (SSSR count). The highest BCUT2D eigenvalue weighted by Crippen LogP contribution is 2.24. The Bertz CT molecular complexity index is 447. The van der Waals surface area contributed by atoms with Crippen molar-refractivity contribution in [3.8, 4) is 0 Å². The van der Waals surface area contributed by atoms with Gasteiger partial charge in [-0.3, -0.25) is 10.1 Å². The fourth-order valence-corrected chi connectivity index (χ4v) is 2.07. The Hall–Kier alpha value is -1.69. The molecule has 1 aliphatic rings. The molecule has 2 atom stereocenters. The number of ether oxygens (including phenoxy) is 1. The average Bonchev–Trinajstić information content (AvgIpc) is 2.81. The summed E-state index contributed by atoms with van der Waals surface area (Å²) in [5.41, 5.74) is 0.0508. The third-order valence-electron chi connectivity index (χ3n) is 3.21. The molecule has 98 valence electrons. The van der Waals surface area contributed by atoms with Crippen molar-refractivity contribution in [2.75, 3.05) is 18.5 Å². The van der Waals surface area contributed by atoms with E-state index in [-0.39, 0.29) is 6.04 Å². The first-order valence-electron chi connectivity index (χ1n) is 5.86. The first kappa shape index (κ1) is 12.8. The van der Waals surface area contributed by atoms with Crippen molar-refractivity contribution in [1.82, 2.24) is 0 Å². The standard InChI is InChI=1S/C12H15FN2O3/c1-8(9-4-5-18-7-9)14-10-2-3-12(15(16)17)11(13)6-10/h2-3,6,8-9,14H,4-5,7H2,1H3. The lowest BCUT2D eigenvalue weighted by molar-refractivity contribution is -0.387. The lowest BCUT2D eigenvalue weighted by Crippen LogP contribution is -2.26. The van der Waals surface area contributed by atoms with E-state index in [1.807, 2.05) is 6.92 Å². The molecule has 0 saturated carbocycles. The summed E-state index contributed by atoms with van der Waals surface area (Å²) in [6, 6.07) is 4.00. The van der Waals surface area contributed by atoms with Crippen LogP contribution in [0.1, 0.15) is 13.3 Å². The van der Waals surface area contributed by atoms with E-state index in [1.165, 1.54) is 12.1 Å². The third kappa shape index (κ3) is 2.76. The number of anilines is 1. The SMILES string of the molecule is CC(Nc1ccc([N+](=O)[O-])c(F)c1)C1CCOC1. The van der Waals surface area contributed by atoms with Crippen LogP contribution < -0.4 is 5.32 Å². The Labute approximate surface area is 104 Å². The minimum absolute atomic E-state index is 0.147. The number of nitrogens with one attached hydrogen (secondary N) is 1. The van der Waals surface area contributed by atoms with Crippen molar-refractivity contribution in [2.45, 2.75) is 19.4 Å². The Kier molecular flexibility index (Phi) is 3.76. The van der Waals surface area contributed by atoms with Gasteiger partial charge in [0.25, 0.3) is 0 Å². The van der Waals surface area contributed by atoms with Crippen LogP contribution in [0.25, 0.3) is 0 Å². The van der Waals surface area contributed by atoms with Crippen LogP contribution in [-0.4, -0.2) is 24.2 Å². The summed E-state index contributed by atoms with van der Waals surface area (Å²) >= 11 is 0. The molecule has 1 saturated heterocycles. The average molecular weight is 254 g/mol. The van der Waals surface area contributed by atoms with Crippen LogP contribution in [0.3, 0.4) is 0 Å². The number of halogens is 1. The predicted octanol–water partition coefficient (Wildman–Crippen LogP) is 2.57. The first-order chi connectivity index (χ1) is 8.58. The normalized spacial score (nSPS) is 20.7. The molecular weight excluding hydrogens is 239 g/mol.